The maximum absolute atomic E-state index is 5.41. The molecule has 0 spiro atoms. The first-order valence-electron chi connectivity index (χ1n) is 8.62. The van der Waals surface area contributed by atoms with Crippen LogP contribution in [-0.2, 0) is 6.54 Å². The number of methoxy groups -OCH3 is 1. The van der Waals surface area contributed by atoms with Crippen LogP contribution in [0.3, 0.4) is 0 Å². The molecule has 27 heavy (non-hydrogen) atoms. The number of benzene rings is 2. The summed E-state index contributed by atoms with van der Waals surface area (Å²) in [6.45, 7) is 0.476. The molecule has 0 bridgehead atoms. The molecule has 0 radical (unpaired) electrons. The van der Waals surface area contributed by atoms with Crippen molar-refractivity contribution < 1.29 is 9.26 Å². The molecule has 0 amide bonds. The van der Waals surface area contributed by atoms with Crippen molar-refractivity contribution in [3.05, 3.63) is 89.1 Å². The zero-order valence-electron chi connectivity index (χ0n) is 14.8. The van der Waals surface area contributed by atoms with Crippen LogP contribution >= 0.6 is 11.3 Å². The smallest absolute Gasteiger partial charge is 0.240 e. The topological polar surface area (TPSA) is 60.2 Å². The van der Waals surface area contributed by atoms with Gasteiger partial charge in [-0.15, -0.1) is 11.3 Å². The zero-order valence-corrected chi connectivity index (χ0v) is 15.6. The number of rotatable bonds is 7. The minimum absolute atomic E-state index is 0.00851. The molecule has 1 atom stereocenters. The van der Waals surface area contributed by atoms with Crippen molar-refractivity contribution in [1.29, 1.82) is 0 Å². The average Bonchev–Trinajstić information content (AvgIpc) is 3.41. The first kappa shape index (κ1) is 17.5. The monoisotopic (exact) mass is 377 g/mol. The van der Waals surface area contributed by atoms with E-state index in [4.69, 9.17) is 9.26 Å². The summed E-state index contributed by atoms with van der Waals surface area (Å²) in [5.41, 5.74) is 2.31. The predicted molar refractivity (Wildman–Crippen MR) is 106 cm³/mol. The molecule has 2 aromatic carbocycles. The van der Waals surface area contributed by atoms with Gasteiger partial charge in [0.2, 0.25) is 11.7 Å². The largest absolute Gasteiger partial charge is 0.497 e. The van der Waals surface area contributed by atoms with Gasteiger partial charge in [0.05, 0.1) is 24.6 Å². The van der Waals surface area contributed by atoms with E-state index in [0.29, 0.717) is 18.3 Å². The van der Waals surface area contributed by atoms with Crippen molar-refractivity contribution in [1.82, 2.24) is 15.5 Å². The van der Waals surface area contributed by atoms with Gasteiger partial charge in [-0.1, -0.05) is 53.7 Å². The number of ether oxygens (including phenoxy) is 1. The normalized spacial score (nSPS) is 12.0. The van der Waals surface area contributed by atoms with Crippen LogP contribution in [0.4, 0.5) is 0 Å². The fourth-order valence-electron chi connectivity index (χ4n) is 2.89. The highest BCUT2D eigenvalue weighted by molar-refractivity contribution is 7.13. The summed E-state index contributed by atoms with van der Waals surface area (Å²) in [6.07, 6.45) is 0. The van der Waals surface area contributed by atoms with E-state index in [1.165, 1.54) is 5.56 Å². The molecule has 0 aliphatic carbocycles. The molecular weight excluding hydrogens is 358 g/mol. The van der Waals surface area contributed by atoms with E-state index < -0.39 is 0 Å². The van der Waals surface area contributed by atoms with Crippen LogP contribution < -0.4 is 10.1 Å². The molecule has 5 nitrogen and oxygen atoms in total. The second kappa shape index (κ2) is 8.16. The first-order chi connectivity index (χ1) is 13.3. The van der Waals surface area contributed by atoms with Crippen LogP contribution in [0.15, 0.2) is 76.6 Å². The second-order valence-corrected chi connectivity index (χ2v) is 6.93. The molecule has 0 aliphatic heterocycles. The van der Waals surface area contributed by atoms with Crippen molar-refractivity contribution in [2.45, 2.75) is 12.6 Å². The summed E-state index contributed by atoms with van der Waals surface area (Å²) < 4.78 is 10.7. The van der Waals surface area contributed by atoms with E-state index in [-0.39, 0.29) is 6.04 Å². The third-order valence-corrected chi connectivity index (χ3v) is 5.11. The third kappa shape index (κ3) is 4.07. The molecule has 0 fully saturated rings. The van der Waals surface area contributed by atoms with Crippen molar-refractivity contribution >= 4 is 11.3 Å². The van der Waals surface area contributed by atoms with E-state index in [1.807, 2.05) is 47.8 Å². The predicted octanol–water partition coefficient (Wildman–Crippen LogP) is 4.69. The second-order valence-electron chi connectivity index (χ2n) is 5.99. The van der Waals surface area contributed by atoms with Gasteiger partial charge in [-0.25, -0.2) is 0 Å². The lowest BCUT2D eigenvalue weighted by Gasteiger charge is -2.19. The summed E-state index contributed by atoms with van der Waals surface area (Å²) in [7, 11) is 1.67. The van der Waals surface area contributed by atoms with Gasteiger partial charge in [-0.3, -0.25) is 5.32 Å². The molecule has 0 saturated heterocycles. The molecule has 2 aromatic heterocycles. The van der Waals surface area contributed by atoms with Crippen LogP contribution in [0.2, 0.25) is 0 Å². The fourth-order valence-corrected chi connectivity index (χ4v) is 3.54. The van der Waals surface area contributed by atoms with Gasteiger partial charge >= 0.3 is 0 Å². The summed E-state index contributed by atoms with van der Waals surface area (Å²) >= 11 is 1.59. The fraction of sp³-hybridized carbons (Fsp3) is 0.143. The number of hydrogen-bond donors (Lipinski definition) is 1. The van der Waals surface area contributed by atoms with Gasteiger partial charge in [-0.05, 0) is 34.7 Å². The summed E-state index contributed by atoms with van der Waals surface area (Å²) in [5.74, 6) is 2.03. The van der Waals surface area contributed by atoms with Gasteiger partial charge in [0.1, 0.15) is 5.75 Å². The molecule has 4 aromatic rings. The van der Waals surface area contributed by atoms with Crippen LogP contribution in [0.1, 0.15) is 23.1 Å². The van der Waals surface area contributed by atoms with Gasteiger partial charge in [0.25, 0.3) is 0 Å². The van der Waals surface area contributed by atoms with Crippen LogP contribution in [0, 0.1) is 0 Å². The van der Waals surface area contributed by atoms with Gasteiger partial charge in [0, 0.05) is 0 Å². The maximum atomic E-state index is 5.41. The number of thiophene rings is 1. The first-order valence-corrected chi connectivity index (χ1v) is 9.50. The molecule has 2 heterocycles. The SMILES string of the molecule is COc1ccc([C@@H](NCc2nc(-c3cccs3)no2)c2ccccc2)cc1. The Kier molecular flexibility index (Phi) is 5.27. The highest BCUT2D eigenvalue weighted by atomic mass is 32.1. The molecule has 136 valence electrons. The Bertz CT molecular complexity index is 966. The number of nitrogens with one attached hydrogen (secondary N) is 1. The van der Waals surface area contributed by atoms with Crippen LogP contribution in [0.25, 0.3) is 10.7 Å². The Hall–Kier alpha value is -2.96. The van der Waals surface area contributed by atoms with Crippen molar-refractivity contribution in [2.24, 2.45) is 0 Å². The Morgan fingerprint density at radius 1 is 1.00 bits per heavy atom. The highest BCUT2D eigenvalue weighted by Gasteiger charge is 2.16. The lowest BCUT2D eigenvalue weighted by Crippen LogP contribution is -2.22. The van der Waals surface area contributed by atoms with Gasteiger partial charge in [0.15, 0.2) is 0 Å². The van der Waals surface area contributed by atoms with E-state index in [0.717, 1.165) is 16.2 Å². The summed E-state index contributed by atoms with van der Waals surface area (Å²) in [6, 6.07) is 22.3. The van der Waals surface area contributed by atoms with Crippen LogP contribution in [0.5, 0.6) is 5.75 Å². The van der Waals surface area contributed by atoms with Gasteiger partial charge < -0.3 is 9.26 Å². The standard InChI is InChI=1S/C21H19N3O2S/c1-25-17-11-9-16(10-12-17)20(15-6-3-2-4-7-15)22-14-19-23-21(24-26-19)18-8-5-13-27-18/h2-13,20,22H,14H2,1H3/t20-/m0/s1. The average molecular weight is 377 g/mol. The minimum Gasteiger partial charge on any atom is -0.497 e. The van der Waals surface area contributed by atoms with Gasteiger partial charge in [-0.2, -0.15) is 4.98 Å². The Balaban J connectivity index is 1.54. The van der Waals surface area contributed by atoms with E-state index in [1.54, 1.807) is 18.4 Å². The van der Waals surface area contributed by atoms with Crippen molar-refractivity contribution in [2.75, 3.05) is 7.11 Å². The third-order valence-electron chi connectivity index (χ3n) is 4.25. The molecule has 0 saturated carbocycles. The lowest BCUT2D eigenvalue weighted by atomic mass is 9.98. The van der Waals surface area contributed by atoms with E-state index >= 15 is 0 Å². The minimum atomic E-state index is 0.00851. The Morgan fingerprint density at radius 3 is 2.48 bits per heavy atom. The number of aromatic nitrogens is 2. The van der Waals surface area contributed by atoms with Crippen LogP contribution in [-0.4, -0.2) is 17.3 Å². The van der Waals surface area contributed by atoms with Crippen molar-refractivity contribution in [3.8, 4) is 16.5 Å². The lowest BCUT2D eigenvalue weighted by molar-refractivity contribution is 0.363. The van der Waals surface area contributed by atoms with E-state index in [9.17, 15) is 0 Å². The summed E-state index contributed by atoms with van der Waals surface area (Å²) in [4.78, 5) is 5.49. The molecule has 0 unspecified atom stereocenters. The zero-order chi connectivity index (χ0) is 18.5. The Morgan fingerprint density at radius 2 is 1.78 bits per heavy atom. The molecule has 1 N–H and O–H groups in total. The molecule has 6 heteroatoms. The molecular formula is C21H19N3O2S. The molecule has 4 rings (SSSR count). The van der Waals surface area contributed by atoms with Crippen molar-refractivity contribution in [3.63, 3.8) is 0 Å². The maximum Gasteiger partial charge on any atom is 0.240 e. The Labute approximate surface area is 161 Å². The molecule has 0 aliphatic rings. The quantitative estimate of drug-likeness (QED) is 0.506. The number of hydrogen-bond acceptors (Lipinski definition) is 6. The highest BCUT2D eigenvalue weighted by Crippen LogP contribution is 2.25. The summed E-state index contributed by atoms with van der Waals surface area (Å²) in [5, 5.41) is 9.60. The number of nitrogens with zero attached hydrogens (tertiary/aromatic N) is 2. The van der Waals surface area contributed by atoms with E-state index in [2.05, 4.69) is 39.7 Å².